The SMILES string of the molecule is CC1(C)CC(Oc2cc(C(=O)N[C@@H](CCC(=O)OC(C)(C)C)C(=O)N3CCN(C(=O)O)CC3)nc(-c3ccccc3)n2)CC(C)(C)N1. The second-order valence-corrected chi connectivity index (χ2v) is 14.6. The number of rotatable bonds is 9. The average Bonchev–Trinajstić information content (AvgIpc) is 2.96. The lowest BCUT2D eigenvalue weighted by Crippen LogP contribution is -2.60. The summed E-state index contributed by atoms with van der Waals surface area (Å²) in [6.07, 6.45) is 0.0796. The van der Waals surface area contributed by atoms with Gasteiger partial charge >= 0.3 is 12.1 Å². The molecule has 3 heterocycles. The van der Waals surface area contributed by atoms with Gasteiger partial charge in [-0.25, -0.2) is 9.78 Å². The molecule has 2 fully saturated rings. The van der Waals surface area contributed by atoms with Crippen LogP contribution in [0.2, 0.25) is 0 Å². The molecule has 47 heavy (non-hydrogen) atoms. The minimum Gasteiger partial charge on any atom is -0.474 e. The Morgan fingerprint density at radius 3 is 2.15 bits per heavy atom. The van der Waals surface area contributed by atoms with Crippen molar-refractivity contribution in [1.29, 1.82) is 0 Å². The highest BCUT2D eigenvalue weighted by Crippen LogP contribution is 2.31. The van der Waals surface area contributed by atoms with Crippen molar-refractivity contribution < 1.29 is 33.8 Å². The van der Waals surface area contributed by atoms with Crippen LogP contribution in [-0.2, 0) is 14.3 Å². The van der Waals surface area contributed by atoms with Crippen molar-refractivity contribution in [1.82, 2.24) is 30.4 Å². The van der Waals surface area contributed by atoms with Crippen molar-refractivity contribution in [3.8, 4) is 17.3 Å². The fourth-order valence-electron chi connectivity index (χ4n) is 6.28. The molecular weight excluding hydrogens is 604 g/mol. The molecule has 2 aliphatic heterocycles. The lowest BCUT2D eigenvalue weighted by molar-refractivity contribution is -0.155. The van der Waals surface area contributed by atoms with Crippen molar-refractivity contribution in [2.75, 3.05) is 26.2 Å². The first kappa shape index (κ1) is 35.6. The normalized spacial score (nSPS) is 18.6. The number of carbonyl (C=O) groups is 4. The van der Waals surface area contributed by atoms with Gasteiger partial charge in [0.15, 0.2) is 5.82 Å². The molecule has 2 saturated heterocycles. The van der Waals surface area contributed by atoms with Gasteiger partial charge in [-0.3, -0.25) is 14.4 Å². The van der Waals surface area contributed by atoms with E-state index >= 15 is 0 Å². The molecule has 2 aromatic rings. The number of esters is 1. The Balaban J connectivity index is 1.60. The van der Waals surface area contributed by atoms with Crippen LogP contribution < -0.4 is 15.4 Å². The highest BCUT2D eigenvalue weighted by Gasteiger charge is 2.39. The molecule has 0 bridgehead atoms. The zero-order valence-electron chi connectivity index (χ0n) is 28.5. The molecule has 0 aliphatic carbocycles. The number of piperazine rings is 1. The monoisotopic (exact) mass is 652 g/mol. The Labute approximate surface area is 276 Å². The molecule has 0 spiro atoms. The van der Waals surface area contributed by atoms with Crippen LogP contribution in [0.3, 0.4) is 0 Å². The van der Waals surface area contributed by atoms with Gasteiger partial charge < -0.3 is 35.0 Å². The summed E-state index contributed by atoms with van der Waals surface area (Å²) in [5, 5.41) is 15.8. The molecule has 4 rings (SSSR count). The summed E-state index contributed by atoms with van der Waals surface area (Å²) in [5.41, 5.74) is -0.380. The van der Waals surface area contributed by atoms with Crippen LogP contribution in [0, 0.1) is 0 Å². The van der Waals surface area contributed by atoms with Gasteiger partial charge in [0.2, 0.25) is 11.8 Å². The predicted molar refractivity (Wildman–Crippen MR) is 175 cm³/mol. The molecule has 1 aromatic heterocycles. The van der Waals surface area contributed by atoms with Gasteiger partial charge in [0, 0.05) is 68.1 Å². The number of hydrogen-bond donors (Lipinski definition) is 3. The predicted octanol–water partition coefficient (Wildman–Crippen LogP) is 3.87. The summed E-state index contributed by atoms with van der Waals surface area (Å²) in [6.45, 7) is 14.3. The van der Waals surface area contributed by atoms with Gasteiger partial charge in [0.25, 0.3) is 5.91 Å². The third-order valence-corrected chi connectivity index (χ3v) is 7.93. The number of benzene rings is 1. The zero-order valence-corrected chi connectivity index (χ0v) is 28.5. The number of aromatic nitrogens is 2. The standard InChI is InChI=1S/C34H48N6O7/c1-32(2,3)47-27(41)14-13-24(30(43)39-15-17-40(18-16-39)31(44)45)36-29(42)25-19-26(37-28(35-25)22-11-9-8-10-12-22)46-23-20-33(4,5)38-34(6,7)21-23/h8-12,19,23-24,38H,13-18,20-21H2,1-7H3,(H,36,42)(H,44,45)/t24-/m0/s1. The van der Waals surface area contributed by atoms with Gasteiger partial charge in [0.05, 0.1) is 0 Å². The number of ether oxygens (including phenoxy) is 2. The molecule has 0 unspecified atom stereocenters. The third-order valence-electron chi connectivity index (χ3n) is 7.93. The van der Waals surface area contributed by atoms with Crippen molar-refractivity contribution in [2.24, 2.45) is 0 Å². The van der Waals surface area contributed by atoms with Crippen LogP contribution in [0.5, 0.6) is 5.88 Å². The lowest BCUT2D eigenvalue weighted by Gasteiger charge is -2.46. The Morgan fingerprint density at radius 2 is 1.57 bits per heavy atom. The van der Waals surface area contributed by atoms with Gasteiger partial charge in [-0.05, 0) is 54.9 Å². The van der Waals surface area contributed by atoms with Crippen LogP contribution in [0.1, 0.15) is 84.6 Å². The van der Waals surface area contributed by atoms with Crippen LogP contribution in [0.25, 0.3) is 11.4 Å². The first-order chi connectivity index (χ1) is 21.9. The third kappa shape index (κ3) is 10.4. The number of carboxylic acid groups (broad SMARTS) is 1. The van der Waals surface area contributed by atoms with Crippen LogP contribution in [0.4, 0.5) is 4.79 Å². The van der Waals surface area contributed by atoms with E-state index in [2.05, 4.69) is 48.3 Å². The first-order valence-corrected chi connectivity index (χ1v) is 16.1. The van der Waals surface area contributed by atoms with E-state index in [1.807, 2.05) is 30.3 Å². The molecule has 0 radical (unpaired) electrons. The van der Waals surface area contributed by atoms with Gasteiger partial charge in [-0.15, -0.1) is 0 Å². The smallest absolute Gasteiger partial charge is 0.407 e. The van der Waals surface area contributed by atoms with Crippen molar-refractivity contribution in [2.45, 2.75) is 103 Å². The molecule has 0 saturated carbocycles. The van der Waals surface area contributed by atoms with Gasteiger partial charge in [-0.2, -0.15) is 4.98 Å². The van der Waals surface area contributed by atoms with Gasteiger partial charge in [0.1, 0.15) is 23.4 Å². The van der Waals surface area contributed by atoms with E-state index in [1.165, 1.54) is 15.9 Å². The van der Waals surface area contributed by atoms with E-state index in [0.717, 1.165) is 12.8 Å². The number of hydrogen-bond acceptors (Lipinski definition) is 9. The van der Waals surface area contributed by atoms with E-state index in [9.17, 15) is 24.3 Å². The summed E-state index contributed by atoms with van der Waals surface area (Å²) in [7, 11) is 0. The van der Waals surface area contributed by atoms with Crippen molar-refractivity contribution in [3.63, 3.8) is 0 Å². The fraction of sp³-hybridized carbons (Fsp3) is 0.588. The van der Waals surface area contributed by atoms with Crippen LogP contribution in [-0.4, -0.2) is 104 Å². The quantitative estimate of drug-likeness (QED) is 0.339. The fourth-order valence-corrected chi connectivity index (χ4v) is 6.28. The summed E-state index contributed by atoms with van der Waals surface area (Å²) in [6, 6.07) is 9.62. The second-order valence-electron chi connectivity index (χ2n) is 14.6. The minimum absolute atomic E-state index is 0.00655. The van der Waals surface area contributed by atoms with E-state index in [0.29, 0.717) is 11.4 Å². The number of amides is 3. The van der Waals surface area contributed by atoms with Crippen molar-refractivity contribution >= 4 is 23.9 Å². The largest absolute Gasteiger partial charge is 0.474 e. The minimum atomic E-state index is -1.09. The van der Waals surface area contributed by atoms with Crippen LogP contribution in [0.15, 0.2) is 36.4 Å². The summed E-state index contributed by atoms with van der Waals surface area (Å²) in [5.74, 6) is -1.02. The van der Waals surface area contributed by atoms with Crippen molar-refractivity contribution in [3.05, 3.63) is 42.1 Å². The molecule has 256 valence electrons. The number of nitrogens with one attached hydrogen (secondary N) is 2. The molecule has 13 nitrogen and oxygen atoms in total. The molecule has 1 aromatic carbocycles. The van der Waals surface area contributed by atoms with E-state index < -0.39 is 35.5 Å². The number of nitrogens with zero attached hydrogens (tertiary/aromatic N) is 4. The summed E-state index contributed by atoms with van der Waals surface area (Å²) in [4.78, 5) is 63.5. The lowest BCUT2D eigenvalue weighted by atomic mass is 9.81. The van der Waals surface area contributed by atoms with E-state index in [-0.39, 0.29) is 67.8 Å². The second kappa shape index (κ2) is 14.2. The van der Waals surface area contributed by atoms with E-state index in [1.54, 1.807) is 20.8 Å². The first-order valence-electron chi connectivity index (χ1n) is 16.1. The molecule has 3 N–H and O–H groups in total. The maximum atomic E-state index is 13.9. The number of carbonyl (C=O) groups excluding carboxylic acids is 3. The van der Waals surface area contributed by atoms with Gasteiger partial charge in [-0.1, -0.05) is 30.3 Å². The maximum absolute atomic E-state index is 13.9. The molecule has 13 heteroatoms. The highest BCUT2D eigenvalue weighted by molar-refractivity contribution is 5.96. The summed E-state index contributed by atoms with van der Waals surface area (Å²) < 4.78 is 11.9. The molecule has 1 atom stereocenters. The van der Waals surface area contributed by atoms with Crippen LogP contribution >= 0.6 is 0 Å². The maximum Gasteiger partial charge on any atom is 0.407 e. The van der Waals surface area contributed by atoms with E-state index in [4.69, 9.17) is 9.47 Å². The topological polar surface area (TPSA) is 163 Å². The average molecular weight is 653 g/mol. The Kier molecular flexibility index (Phi) is 10.8. The summed E-state index contributed by atoms with van der Waals surface area (Å²) >= 11 is 0. The molecular formula is C34H48N6O7. The Bertz CT molecular complexity index is 1430. The highest BCUT2D eigenvalue weighted by atomic mass is 16.6. The molecule has 3 amide bonds. The number of piperidine rings is 1. The molecule has 2 aliphatic rings. The Morgan fingerprint density at radius 1 is 0.979 bits per heavy atom. The zero-order chi connectivity index (χ0) is 34.6. The Hall–Kier alpha value is -4.26.